The molecule has 0 spiro atoms. The Bertz CT molecular complexity index is 1660. The van der Waals surface area contributed by atoms with Crippen LogP contribution in [0.3, 0.4) is 0 Å². The van der Waals surface area contributed by atoms with Gasteiger partial charge >= 0.3 is 0 Å². The van der Waals surface area contributed by atoms with E-state index in [-0.39, 0.29) is 17.2 Å². The Morgan fingerprint density at radius 1 is 1.03 bits per heavy atom. The molecule has 0 fully saturated rings. The smallest absolute Gasteiger partial charge is 0.267 e. The van der Waals surface area contributed by atoms with Gasteiger partial charge in [0.25, 0.3) is 5.56 Å². The molecule has 0 bridgehead atoms. The minimum atomic E-state index is -0.133. The van der Waals surface area contributed by atoms with E-state index < -0.39 is 0 Å². The molecule has 0 unspecified atom stereocenters. The summed E-state index contributed by atoms with van der Waals surface area (Å²) in [6.07, 6.45) is 4.20. The minimum Gasteiger partial charge on any atom is -0.325 e. The number of fused-ring (bicyclic) bond motifs is 4. The Balaban J connectivity index is 1.36. The van der Waals surface area contributed by atoms with E-state index >= 15 is 0 Å². The second-order valence-electron chi connectivity index (χ2n) is 9.13. The second kappa shape index (κ2) is 9.56. The molecule has 36 heavy (non-hydrogen) atoms. The predicted octanol–water partition coefficient (Wildman–Crippen LogP) is 6.52. The fourth-order valence-electron chi connectivity index (χ4n) is 4.86. The van der Waals surface area contributed by atoms with Crippen molar-refractivity contribution in [1.82, 2.24) is 9.55 Å². The normalized spacial score (nSPS) is 13.1. The molecule has 2 aromatic heterocycles. The van der Waals surface area contributed by atoms with Crippen LogP contribution in [0.15, 0.2) is 76.7 Å². The molecule has 0 saturated carbocycles. The van der Waals surface area contributed by atoms with Crippen LogP contribution < -0.4 is 10.9 Å². The second-order valence-corrected chi connectivity index (χ2v) is 11.2. The first-order valence-electron chi connectivity index (χ1n) is 12.1. The number of aryl methyl sites for hydroxylation is 3. The molecule has 2 heterocycles. The van der Waals surface area contributed by atoms with E-state index in [2.05, 4.69) is 5.32 Å². The lowest BCUT2D eigenvalue weighted by molar-refractivity contribution is -0.113. The average molecular weight is 512 g/mol. The summed E-state index contributed by atoms with van der Waals surface area (Å²) in [5, 5.41) is 6.41. The standard InChI is InChI=1S/C29H25N3O2S2/c1-18-13-15-20(16-14-18)32-28(34)26-22-10-4-5-12-24(22)36-27(26)31-29(32)35-17-25(33)30-23-11-6-8-19-7-2-3-9-21(19)23/h2-3,6-9,11,13-16H,4-5,10,12,17H2,1H3,(H,30,33). The monoisotopic (exact) mass is 511 g/mol. The molecule has 6 rings (SSSR count). The summed E-state index contributed by atoms with van der Waals surface area (Å²) in [5.41, 5.74) is 3.80. The molecule has 5 aromatic rings. The van der Waals surface area contributed by atoms with Crippen LogP contribution in [0.2, 0.25) is 0 Å². The van der Waals surface area contributed by atoms with E-state index in [9.17, 15) is 9.59 Å². The zero-order valence-corrected chi connectivity index (χ0v) is 21.5. The number of benzene rings is 3. The zero-order valence-electron chi connectivity index (χ0n) is 19.9. The van der Waals surface area contributed by atoms with E-state index in [0.29, 0.717) is 5.16 Å². The number of nitrogens with zero attached hydrogens (tertiary/aromatic N) is 2. The van der Waals surface area contributed by atoms with Crippen LogP contribution in [-0.4, -0.2) is 21.2 Å². The van der Waals surface area contributed by atoms with Crippen molar-refractivity contribution < 1.29 is 4.79 Å². The molecule has 0 aliphatic heterocycles. The van der Waals surface area contributed by atoms with Crippen LogP contribution in [0.25, 0.3) is 26.7 Å². The van der Waals surface area contributed by atoms with E-state index in [1.165, 1.54) is 22.2 Å². The van der Waals surface area contributed by atoms with Gasteiger partial charge in [0.1, 0.15) is 4.83 Å². The predicted molar refractivity (Wildman–Crippen MR) is 150 cm³/mol. The Hall–Kier alpha value is -3.42. The van der Waals surface area contributed by atoms with Gasteiger partial charge in [0.05, 0.1) is 16.8 Å². The van der Waals surface area contributed by atoms with Crippen molar-refractivity contribution in [2.45, 2.75) is 37.8 Å². The van der Waals surface area contributed by atoms with E-state index in [1.54, 1.807) is 15.9 Å². The summed E-state index contributed by atoms with van der Waals surface area (Å²) in [5.74, 6) is 0.0182. The van der Waals surface area contributed by atoms with Crippen LogP contribution >= 0.6 is 23.1 Å². The van der Waals surface area contributed by atoms with Gasteiger partial charge in [0.2, 0.25) is 5.91 Å². The first-order valence-corrected chi connectivity index (χ1v) is 13.9. The van der Waals surface area contributed by atoms with Gasteiger partial charge in [-0.2, -0.15) is 0 Å². The number of thioether (sulfide) groups is 1. The van der Waals surface area contributed by atoms with Crippen molar-refractivity contribution in [2.24, 2.45) is 0 Å². The number of amides is 1. The number of rotatable bonds is 5. The number of nitrogens with one attached hydrogen (secondary N) is 1. The topological polar surface area (TPSA) is 64.0 Å². The Labute approximate surface area is 217 Å². The third kappa shape index (κ3) is 4.22. The van der Waals surface area contributed by atoms with Crippen LogP contribution in [0, 0.1) is 6.92 Å². The molecule has 1 amide bonds. The van der Waals surface area contributed by atoms with Crippen LogP contribution in [0.1, 0.15) is 28.8 Å². The first kappa shape index (κ1) is 23.0. The molecular weight excluding hydrogens is 486 g/mol. The number of carbonyl (C=O) groups excluding carboxylic acids is 1. The largest absolute Gasteiger partial charge is 0.325 e. The molecule has 180 valence electrons. The number of hydrogen-bond acceptors (Lipinski definition) is 5. The van der Waals surface area contributed by atoms with Crippen molar-refractivity contribution >= 4 is 55.7 Å². The highest BCUT2D eigenvalue weighted by Gasteiger charge is 2.23. The zero-order chi connectivity index (χ0) is 24.6. The van der Waals surface area contributed by atoms with Gasteiger partial charge in [-0.15, -0.1) is 11.3 Å². The number of aromatic nitrogens is 2. The third-order valence-corrected chi connectivity index (χ3v) is 8.77. The third-order valence-electron chi connectivity index (χ3n) is 6.65. The maximum atomic E-state index is 13.9. The van der Waals surface area contributed by atoms with Crippen LogP contribution in [0.5, 0.6) is 0 Å². The Morgan fingerprint density at radius 2 is 1.81 bits per heavy atom. The van der Waals surface area contributed by atoms with Crippen molar-refractivity contribution in [3.63, 3.8) is 0 Å². The summed E-state index contributed by atoms with van der Waals surface area (Å²) in [4.78, 5) is 33.9. The van der Waals surface area contributed by atoms with Crippen molar-refractivity contribution in [3.8, 4) is 5.69 Å². The molecule has 7 heteroatoms. The highest BCUT2D eigenvalue weighted by molar-refractivity contribution is 7.99. The lowest BCUT2D eigenvalue weighted by atomic mass is 9.97. The fourth-order valence-corrected chi connectivity index (χ4v) is 6.97. The van der Waals surface area contributed by atoms with Gasteiger partial charge in [-0.05, 0) is 61.8 Å². The van der Waals surface area contributed by atoms with Crippen LogP contribution in [-0.2, 0) is 17.6 Å². The van der Waals surface area contributed by atoms with Gasteiger partial charge in [-0.1, -0.05) is 65.9 Å². The summed E-state index contributed by atoms with van der Waals surface area (Å²) < 4.78 is 1.68. The van der Waals surface area contributed by atoms with E-state index in [0.717, 1.165) is 63.6 Å². The Morgan fingerprint density at radius 3 is 2.67 bits per heavy atom. The summed E-state index contributed by atoms with van der Waals surface area (Å²) >= 11 is 2.93. The molecule has 0 radical (unpaired) electrons. The summed E-state index contributed by atoms with van der Waals surface area (Å²) in [6, 6.07) is 21.7. The highest BCUT2D eigenvalue weighted by atomic mass is 32.2. The van der Waals surface area contributed by atoms with Crippen molar-refractivity contribution in [1.29, 1.82) is 0 Å². The SMILES string of the molecule is Cc1ccc(-n2c(SCC(=O)Nc3cccc4ccccc34)nc3sc4c(c3c2=O)CCCC4)cc1. The molecule has 0 atom stereocenters. The summed E-state index contributed by atoms with van der Waals surface area (Å²) in [6.45, 7) is 2.02. The van der Waals surface area contributed by atoms with Gasteiger partial charge in [-0.25, -0.2) is 4.98 Å². The highest BCUT2D eigenvalue weighted by Crippen LogP contribution is 2.35. The molecule has 0 saturated heterocycles. The maximum Gasteiger partial charge on any atom is 0.267 e. The van der Waals surface area contributed by atoms with Crippen molar-refractivity contribution in [3.05, 3.63) is 93.1 Å². The lowest BCUT2D eigenvalue weighted by Gasteiger charge is -2.14. The minimum absolute atomic E-state index is 0.0415. The van der Waals surface area contributed by atoms with Gasteiger partial charge in [0, 0.05) is 16.0 Å². The lowest BCUT2D eigenvalue weighted by Crippen LogP contribution is -2.23. The average Bonchev–Trinajstić information content (AvgIpc) is 3.27. The maximum absolute atomic E-state index is 13.9. The molecule has 1 N–H and O–H groups in total. The summed E-state index contributed by atoms with van der Waals surface area (Å²) in [7, 11) is 0. The van der Waals surface area contributed by atoms with E-state index in [1.807, 2.05) is 73.7 Å². The van der Waals surface area contributed by atoms with Crippen LogP contribution in [0.4, 0.5) is 5.69 Å². The first-order chi connectivity index (χ1) is 17.6. The van der Waals surface area contributed by atoms with E-state index in [4.69, 9.17) is 4.98 Å². The molecule has 5 nitrogen and oxygen atoms in total. The van der Waals surface area contributed by atoms with Gasteiger partial charge in [-0.3, -0.25) is 14.2 Å². The quantitative estimate of drug-likeness (QED) is 0.216. The number of anilines is 1. The fraction of sp³-hybridized carbons (Fsp3) is 0.207. The number of hydrogen-bond donors (Lipinski definition) is 1. The van der Waals surface area contributed by atoms with Gasteiger partial charge in [0.15, 0.2) is 5.16 Å². The molecule has 1 aliphatic rings. The Kier molecular flexibility index (Phi) is 6.11. The van der Waals surface area contributed by atoms with Gasteiger partial charge < -0.3 is 5.32 Å². The molecule has 3 aromatic carbocycles. The number of thiophene rings is 1. The number of carbonyl (C=O) groups is 1. The molecular formula is C29H25N3O2S2. The van der Waals surface area contributed by atoms with Crippen molar-refractivity contribution in [2.75, 3.05) is 11.1 Å². The molecule has 1 aliphatic carbocycles.